The lowest BCUT2D eigenvalue weighted by Crippen LogP contribution is -2.50. The molecule has 0 spiro atoms. The van der Waals surface area contributed by atoms with Gasteiger partial charge in [-0.15, -0.1) is 0 Å². The first-order valence-electron chi connectivity index (χ1n) is 9.22. The van der Waals surface area contributed by atoms with Crippen LogP contribution in [0.5, 0.6) is 0 Å². The van der Waals surface area contributed by atoms with E-state index in [0.29, 0.717) is 12.1 Å². The van der Waals surface area contributed by atoms with Gasteiger partial charge in [-0.3, -0.25) is 4.90 Å². The fraction of sp³-hybridized carbons (Fsp3) is 0.400. The molecule has 2 atom stereocenters. The topological polar surface area (TPSA) is 33.7 Å². The number of halogens is 1. The normalized spacial score (nSPS) is 25.1. The Labute approximate surface area is 176 Å². The minimum Gasteiger partial charge on any atom is -0.379 e. The second-order valence-electron chi connectivity index (χ2n) is 6.94. The molecule has 5 rings (SSSR count). The summed E-state index contributed by atoms with van der Waals surface area (Å²) >= 11 is 7.37. The van der Waals surface area contributed by atoms with E-state index in [1.165, 1.54) is 29.7 Å². The van der Waals surface area contributed by atoms with Gasteiger partial charge in [0.25, 0.3) is 0 Å². The van der Waals surface area contributed by atoms with E-state index in [-0.39, 0.29) is 0 Å². The fourth-order valence-corrected chi connectivity index (χ4v) is 6.85. The molecule has 0 radical (unpaired) electrons. The van der Waals surface area contributed by atoms with Crippen molar-refractivity contribution in [3.8, 4) is 0 Å². The van der Waals surface area contributed by atoms with Crippen LogP contribution in [0.1, 0.15) is 0 Å². The van der Waals surface area contributed by atoms with Gasteiger partial charge in [0.15, 0.2) is 0 Å². The van der Waals surface area contributed by atoms with Crippen molar-refractivity contribution in [3.63, 3.8) is 0 Å². The number of ether oxygens (including phenoxy) is 2. The van der Waals surface area contributed by atoms with Gasteiger partial charge in [0.05, 0.1) is 38.5 Å². The first-order valence-corrected chi connectivity index (χ1v) is 11.6. The average molecular weight is 465 g/mol. The first kappa shape index (κ1) is 18.3. The zero-order valence-electron chi connectivity index (χ0n) is 14.8. The summed E-state index contributed by atoms with van der Waals surface area (Å²) in [5, 5.41) is 3.73. The monoisotopic (exact) mass is 464 g/mol. The van der Waals surface area contributed by atoms with Crippen molar-refractivity contribution in [2.45, 2.75) is 31.7 Å². The Morgan fingerprint density at radius 1 is 0.963 bits per heavy atom. The predicted molar refractivity (Wildman–Crippen MR) is 113 cm³/mol. The van der Waals surface area contributed by atoms with Crippen LogP contribution in [-0.4, -0.2) is 56.5 Å². The van der Waals surface area contributed by atoms with Gasteiger partial charge in [-0.2, -0.15) is 0 Å². The van der Waals surface area contributed by atoms with E-state index in [0.717, 1.165) is 39.5 Å². The highest BCUT2D eigenvalue weighted by Crippen LogP contribution is 2.51. The van der Waals surface area contributed by atoms with Crippen LogP contribution in [0.25, 0.3) is 0 Å². The maximum atomic E-state index is 5.81. The van der Waals surface area contributed by atoms with E-state index < -0.39 is 0 Å². The molecule has 0 aromatic heterocycles. The maximum absolute atomic E-state index is 5.81. The molecule has 2 fully saturated rings. The number of benzene rings is 2. The number of rotatable bonds is 3. The third-order valence-electron chi connectivity index (χ3n) is 5.22. The fourth-order valence-electron chi connectivity index (χ4n) is 3.82. The van der Waals surface area contributed by atoms with Crippen molar-refractivity contribution >= 4 is 45.1 Å². The Kier molecular flexibility index (Phi) is 5.41. The molecule has 3 aliphatic heterocycles. The third kappa shape index (κ3) is 3.78. The van der Waals surface area contributed by atoms with E-state index in [4.69, 9.17) is 9.47 Å². The lowest BCUT2D eigenvalue weighted by molar-refractivity contribution is 0.0131. The van der Waals surface area contributed by atoms with Gasteiger partial charge < -0.3 is 14.8 Å². The molecule has 1 N–H and O–H groups in total. The molecule has 0 saturated carbocycles. The van der Waals surface area contributed by atoms with Crippen LogP contribution in [0, 0.1) is 0 Å². The highest BCUT2D eigenvalue weighted by atomic mass is 79.9. The number of nitrogens with one attached hydrogen (secondary N) is 1. The van der Waals surface area contributed by atoms with E-state index in [1.807, 2.05) is 23.5 Å². The third-order valence-corrected chi connectivity index (χ3v) is 8.74. The van der Waals surface area contributed by atoms with Crippen molar-refractivity contribution in [1.29, 1.82) is 0 Å². The first-order chi connectivity index (χ1) is 13.3. The van der Waals surface area contributed by atoms with E-state index >= 15 is 0 Å². The van der Waals surface area contributed by atoms with Crippen LogP contribution < -0.4 is 5.32 Å². The summed E-state index contributed by atoms with van der Waals surface area (Å²) in [6.45, 7) is 5.20. The zero-order chi connectivity index (χ0) is 18.2. The Morgan fingerprint density at radius 2 is 1.85 bits per heavy atom. The minimum absolute atomic E-state index is 0.323. The van der Waals surface area contributed by atoms with Crippen molar-refractivity contribution in [2.24, 2.45) is 0 Å². The van der Waals surface area contributed by atoms with E-state index in [9.17, 15) is 0 Å². The SMILES string of the molecule is Brc1cccc2c1Sc1ccc(NC3COCC3N3CCOCC3)cc1S2. The zero-order valence-corrected chi connectivity index (χ0v) is 18.0. The molecule has 3 heterocycles. The number of fused-ring (bicyclic) bond motifs is 2. The van der Waals surface area contributed by atoms with Crippen LogP contribution in [-0.2, 0) is 9.47 Å². The lowest BCUT2D eigenvalue weighted by atomic mass is 10.1. The molecule has 7 heteroatoms. The molecule has 2 saturated heterocycles. The standard InChI is InChI=1S/C20H21BrN2O2S2/c21-14-2-1-3-18-20(14)27-17-5-4-13(10-19(17)26-18)22-15-11-25-12-16(15)23-6-8-24-9-7-23/h1-5,10,15-16,22H,6-9,11-12H2. The second-order valence-corrected chi connectivity index (χ2v) is 9.93. The molecule has 0 aliphatic carbocycles. The van der Waals surface area contributed by atoms with Crippen molar-refractivity contribution in [1.82, 2.24) is 4.90 Å². The summed E-state index contributed by atoms with van der Waals surface area (Å²) in [6, 6.07) is 13.9. The summed E-state index contributed by atoms with van der Waals surface area (Å²) in [5.74, 6) is 0. The predicted octanol–water partition coefficient (Wildman–Crippen LogP) is 4.58. The lowest BCUT2D eigenvalue weighted by Gasteiger charge is -2.35. The number of nitrogens with zero attached hydrogens (tertiary/aromatic N) is 1. The Balaban J connectivity index is 1.33. The highest BCUT2D eigenvalue weighted by Gasteiger charge is 2.34. The molecule has 2 unspecified atom stereocenters. The molecule has 2 aromatic rings. The Morgan fingerprint density at radius 3 is 2.74 bits per heavy atom. The number of anilines is 1. The number of hydrogen-bond acceptors (Lipinski definition) is 6. The molecule has 0 bridgehead atoms. The molecular formula is C20H21BrN2O2S2. The van der Waals surface area contributed by atoms with Crippen LogP contribution >= 0.6 is 39.5 Å². The molecule has 27 heavy (non-hydrogen) atoms. The largest absolute Gasteiger partial charge is 0.379 e. The Hall–Kier alpha value is -0.700. The van der Waals surface area contributed by atoms with Crippen molar-refractivity contribution in [3.05, 3.63) is 40.9 Å². The summed E-state index contributed by atoms with van der Waals surface area (Å²) in [6.07, 6.45) is 0. The maximum Gasteiger partial charge on any atom is 0.0684 e. The summed E-state index contributed by atoms with van der Waals surface area (Å²) in [4.78, 5) is 7.77. The van der Waals surface area contributed by atoms with Crippen molar-refractivity contribution in [2.75, 3.05) is 44.8 Å². The average Bonchev–Trinajstić information content (AvgIpc) is 3.16. The summed E-state index contributed by atoms with van der Waals surface area (Å²) in [7, 11) is 0. The van der Waals surface area contributed by atoms with Gasteiger partial charge in [0, 0.05) is 42.8 Å². The number of hydrogen-bond donors (Lipinski definition) is 1. The van der Waals surface area contributed by atoms with Crippen LogP contribution in [0.4, 0.5) is 5.69 Å². The van der Waals surface area contributed by atoms with E-state index in [1.54, 1.807) is 0 Å². The van der Waals surface area contributed by atoms with Gasteiger partial charge in [-0.25, -0.2) is 0 Å². The quantitative estimate of drug-likeness (QED) is 0.610. The van der Waals surface area contributed by atoms with Gasteiger partial charge in [0.1, 0.15) is 0 Å². The highest BCUT2D eigenvalue weighted by molar-refractivity contribution is 9.10. The second kappa shape index (κ2) is 7.97. The summed E-state index contributed by atoms with van der Waals surface area (Å²) < 4.78 is 12.5. The van der Waals surface area contributed by atoms with Gasteiger partial charge >= 0.3 is 0 Å². The molecule has 2 aromatic carbocycles. The number of morpholine rings is 1. The smallest absolute Gasteiger partial charge is 0.0684 e. The van der Waals surface area contributed by atoms with Gasteiger partial charge in [-0.05, 0) is 46.3 Å². The van der Waals surface area contributed by atoms with Crippen LogP contribution in [0.3, 0.4) is 0 Å². The van der Waals surface area contributed by atoms with Crippen LogP contribution in [0.15, 0.2) is 60.5 Å². The van der Waals surface area contributed by atoms with E-state index in [2.05, 4.69) is 62.5 Å². The van der Waals surface area contributed by atoms with Gasteiger partial charge in [-0.1, -0.05) is 29.6 Å². The molecule has 142 valence electrons. The van der Waals surface area contributed by atoms with Crippen LogP contribution in [0.2, 0.25) is 0 Å². The molecule has 0 amide bonds. The van der Waals surface area contributed by atoms with Crippen molar-refractivity contribution < 1.29 is 9.47 Å². The molecule has 3 aliphatic rings. The minimum atomic E-state index is 0.323. The Bertz CT molecular complexity index is 845. The summed E-state index contributed by atoms with van der Waals surface area (Å²) in [5.41, 5.74) is 1.18. The molecular weight excluding hydrogens is 444 g/mol. The molecule has 4 nitrogen and oxygen atoms in total. The van der Waals surface area contributed by atoms with Gasteiger partial charge in [0.2, 0.25) is 0 Å².